The molecular weight excluding hydrogens is 232 g/mol. The van der Waals surface area contributed by atoms with Crippen molar-refractivity contribution in [3.63, 3.8) is 0 Å². The Morgan fingerprint density at radius 1 is 1.18 bits per heavy atom. The zero-order valence-electron chi connectivity index (χ0n) is 10.1. The SMILES string of the molecule is CCCCCc1cocc1-c1cccc(Cl)c1. The molecule has 1 aromatic carbocycles. The molecule has 2 rings (SSSR count). The van der Waals surface area contributed by atoms with Crippen LogP contribution < -0.4 is 0 Å². The van der Waals surface area contributed by atoms with Crippen molar-refractivity contribution in [1.29, 1.82) is 0 Å². The molecule has 1 heterocycles. The van der Waals surface area contributed by atoms with Gasteiger partial charge in [0.1, 0.15) is 0 Å². The van der Waals surface area contributed by atoms with Crippen LogP contribution in [0.4, 0.5) is 0 Å². The highest BCUT2D eigenvalue weighted by atomic mass is 35.5. The summed E-state index contributed by atoms with van der Waals surface area (Å²) in [6.45, 7) is 2.22. The third-order valence-corrected chi connectivity index (χ3v) is 3.16. The van der Waals surface area contributed by atoms with Crippen LogP contribution in [-0.2, 0) is 6.42 Å². The minimum atomic E-state index is 0.767. The fourth-order valence-corrected chi connectivity index (χ4v) is 2.18. The quantitative estimate of drug-likeness (QED) is 0.652. The molecule has 1 nitrogen and oxygen atoms in total. The summed E-state index contributed by atoms with van der Waals surface area (Å²) in [4.78, 5) is 0. The Kier molecular flexibility index (Phi) is 4.27. The number of hydrogen-bond donors (Lipinski definition) is 0. The maximum Gasteiger partial charge on any atom is 0.0983 e. The van der Waals surface area contributed by atoms with Gasteiger partial charge in [0.05, 0.1) is 12.5 Å². The largest absolute Gasteiger partial charge is 0.472 e. The Morgan fingerprint density at radius 3 is 2.82 bits per heavy atom. The van der Waals surface area contributed by atoms with Crippen molar-refractivity contribution in [3.05, 3.63) is 47.4 Å². The van der Waals surface area contributed by atoms with Gasteiger partial charge >= 0.3 is 0 Å². The molecular formula is C15H17ClO. The summed E-state index contributed by atoms with van der Waals surface area (Å²) < 4.78 is 5.33. The predicted octanol–water partition coefficient (Wildman–Crippen LogP) is 5.33. The molecule has 0 unspecified atom stereocenters. The van der Waals surface area contributed by atoms with Gasteiger partial charge in [-0.2, -0.15) is 0 Å². The number of halogens is 1. The molecule has 0 aliphatic carbocycles. The molecule has 0 atom stereocenters. The second-order valence-corrected chi connectivity index (χ2v) is 4.71. The van der Waals surface area contributed by atoms with Gasteiger partial charge in [-0.3, -0.25) is 0 Å². The van der Waals surface area contributed by atoms with Crippen molar-refractivity contribution in [2.75, 3.05) is 0 Å². The molecule has 1 aromatic heterocycles. The summed E-state index contributed by atoms with van der Waals surface area (Å²) in [6, 6.07) is 7.91. The van der Waals surface area contributed by atoms with Gasteiger partial charge in [-0.15, -0.1) is 0 Å². The average Bonchev–Trinajstić information content (AvgIpc) is 2.78. The topological polar surface area (TPSA) is 13.1 Å². The van der Waals surface area contributed by atoms with Gasteiger partial charge in [0, 0.05) is 10.6 Å². The minimum absolute atomic E-state index is 0.767. The summed E-state index contributed by atoms with van der Waals surface area (Å²) in [5.74, 6) is 0. The van der Waals surface area contributed by atoms with Crippen LogP contribution in [0.1, 0.15) is 31.7 Å². The predicted molar refractivity (Wildman–Crippen MR) is 72.4 cm³/mol. The second-order valence-electron chi connectivity index (χ2n) is 4.28. The Balaban J connectivity index is 2.18. The van der Waals surface area contributed by atoms with Crippen molar-refractivity contribution in [2.45, 2.75) is 32.6 Å². The Labute approximate surface area is 107 Å². The van der Waals surface area contributed by atoms with Crippen LogP contribution in [-0.4, -0.2) is 0 Å². The average molecular weight is 249 g/mol. The first-order valence-electron chi connectivity index (χ1n) is 6.12. The van der Waals surface area contributed by atoms with E-state index in [0.717, 1.165) is 17.0 Å². The fraction of sp³-hybridized carbons (Fsp3) is 0.333. The van der Waals surface area contributed by atoms with Crippen LogP contribution in [0.15, 0.2) is 41.2 Å². The van der Waals surface area contributed by atoms with Crippen LogP contribution in [0.2, 0.25) is 5.02 Å². The van der Waals surface area contributed by atoms with Crippen molar-refractivity contribution in [3.8, 4) is 11.1 Å². The highest BCUT2D eigenvalue weighted by molar-refractivity contribution is 6.30. The highest BCUT2D eigenvalue weighted by Gasteiger charge is 2.07. The standard InChI is InChI=1S/C15H17ClO/c1-2-3-4-6-13-10-17-11-15(13)12-7-5-8-14(16)9-12/h5,7-11H,2-4,6H2,1H3. The first kappa shape index (κ1) is 12.3. The van der Waals surface area contributed by atoms with Gasteiger partial charge in [0.25, 0.3) is 0 Å². The molecule has 0 saturated carbocycles. The molecule has 0 aliphatic heterocycles. The third kappa shape index (κ3) is 3.13. The lowest BCUT2D eigenvalue weighted by Crippen LogP contribution is -1.86. The first-order chi connectivity index (χ1) is 8.31. The molecule has 0 saturated heterocycles. The molecule has 0 aliphatic rings. The number of benzene rings is 1. The monoisotopic (exact) mass is 248 g/mol. The van der Waals surface area contributed by atoms with E-state index in [1.807, 2.05) is 30.7 Å². The molecule has 0 bridgehead atoms. The van der Waals surface area contributed by atoms with Crippen LogP contribution in [0.25, 0.3) is 11.1 Å². The lowest BCUT2D eigenvalue weighted by Gasteiger charge is -2.03. The molecule has 0 spiro atoms. The molecule has 2 heteroatoms. The van der Waals surface area contributed by atoms with Crippen molar-refractivity contribution >= 4 is 11.6 Å². The van der Waals surface area contributed by atoms with Crippen LogP contribution in [0.5, 0.6) is 0 Å². The molecule has 17 heavy (non-hydrogen) atoms. The lowest BCUT2D eigenvalue weighted by atomic mass is 10.0. The first-order valence-corrected chi connectivity index (χ1v) is 6.50. The molecule has 0 N–H and O–H groups in total. The van der Waals surface area contributed by atoms with Crippen LogP contribution in [0, 0.1) is 0 Å². The van der Waals surface area contributed by atoms with Gasteiger partial charge in [0.2, 0.25) is 0 Å². The van der Waals surface area contributed by atoms with E-state index in [1.165, 1.54) is 30.4 Å². The van der Waals surface area contributed by atoms with Gasteiger partial charge in [-0.05, 0) is 36.1 Å². The number of hydrogen-bond acceptors (Lipinski definition) is 1. The Hall–Kier alpha value is -1.21. The zero-order valence-corrected chi connectivity index (χ0v) is 10.8. The van der Waals surface area contributed by atoms with Crippen molar-refractivity contribution in [1.82, 2.24) is 0 Å². The van der Waals surface area contributed by atoms with E-state index in [-0.39, 0.29) is 0 Å². The summed E-state index contributed by atoms with van der Waals surface area (Å²) in [6.07, 6.45) is 8.46. The molecule has 0 amide bonds. The van der Waals surface area contributed by atoms with Gasteiger partial charge < -0.3 is 4.42 Å². The highest BCUT2D eigenvalue weighted by Crippen LogP contribution is 2.28. The number of rotatable bonds is 5. The van der Waals surface area contributed by atoms with E-state index in [2.05, 4.69) is 13.0 Å². The Morgan fingerprint density at radius 2 is 2.06 bits per heavy atom. The van der Waals surface area contributed by atoms with Crippen LogP contribution >= 0.6 is 11.6 Å². The molecule has 90 valence electrons. The Bertz CT molecular complexity index is 473. The van der Waals surface area contributed by atoms with E-state index in [1.54, 1.807) is 0 Å². The van der Waals surface area contributed by atoms with E-state index in [4.69, 9.17) is 16.0 Å². The van der Waals surface area contributed by atoms with Gasteiger partial charge in [-0.25, -0.2) is 0 Å². The van der Waals surface area contributed by atoms with Gasteiger partial charge in [-0.1, -0.05) is 43.5 Å². The summed E-state index contributed by atoms with van der Waals surface area (Å²) in [7, 11) is 0. The number of aryl methyl sites for hydroxylation is 1. The van der Waals surface area contributed by atoms with E-state index in [9.17, 15) is 0 Å². The lowest BCUT2D eigenvalue weighted by molar-refractivity contribution is 0.562. The number of furan rings is 1. The molecule has 0 fully saturated rings. The smallest absolute Gasteiger partial charge is 0.0983 e. The van der Waals surface area contributed by atoms with Crippen molar-refractivity contribution < 1.29 is 4.42 Å². The van der Waals surface area contributed by atoms with E-state index in [0.29, 0.717) is 0 Å². The van der Waals surface area contributed by atoms with E-state index >= 15 is 0 Å². The summed E-state index contributed by atoms with van der Waals surface area (Å²) in [5.41, 5.74) is 3.59. The molecule has 2 aromatic rings. The van der Waals surface area contributed by atoms with E-state index < -0.39 is 0 Å². The zero-order chi connectivity index (χ0) is 12.1. The molecule has 0 radical (unpaired) electrons. The maximum absolute atomic E-state index is 6.01. The summed E-state index contributed by atoms with van der Waals surface area (Å²) in [5, 5.41) is 0.767. The fourth-order valence-electron chi connectivity index (χ4n) is 1.99. The van der Waals surface area contributed by atoms with Crippen molar-refractivity contribution in [2.24, 2.45) is 0 Å². The number of unbranched alkanes of at least 4 members (excludes halogenated alkanes) is 2. The summed E-state index contributed by atoms with van der Waals surface area (Å²) >= 11 is 6.01. The normalized spacial score (nSPS) is 10.7. The van der Waals surface area contributed by atoms with Crippen LogP contribution in [0.3, 0.4) is 0 Å². The minimum Gasteiger partial charge on any atom is -0.472 e. The second kappa shape index (κ2) is 5.92. The third-order valence-electron chi connectivity index (χ3n) is 2.93. The maximum atomic E-state index is 6.01. The van der Waals surface area contributed by atoms with Gasteiger partial charge in [0.15, 0.2) is 0 Å².